The van der Waals surface area contributed by atoms with Crippen molar-refractivity contribution >= 4 is 34.9 Å². The van der Waals surface area contributed by atoms with Crippen LogP contribution in [-0.2, 0) is 9.59 Å². The highest BCUT2D eigenvalue weighted by atomic mass is 16.2. The van der Waals surface area contributed by atoms with E-state index in [1.165, 1.54) is 9.80 Å². The molecule has 8 heteroatoms. The molecule has 0 saturated heterocycles. The van der Waals surface area contributed by atoms with Gasteiger partial charge in [0.05, 0.1) is 0 Å². The van der Waals surface area contributed by atoms with Crippen LogP contribution in [0, 0.1) is 0 Å². The number of nitrogens with one attached hydrogen (secondary N) is 1. The normalized spacial score (nSPS) is 16.9. The number of primary amides is 1. The van der Waals surface area contributed by atoms with Gasteiger partial charge in [-0.2, -0.15) is 0 Å². The van der Waals surface area contributed by atoms with Gasteiger partial charge in [-0.3, -0.25) is 14.5 Å². The average Bonchev–Trinajstić information content (AvgIpc) is 3.04. The fourth-order valence-electron chi connectivity index (χ4n) is 5.65. The lowest BCUT2D eigenvalue weighted by molar-refractivity contribution is -0.125. The topological polar surface area (TPSA) is 99.0 Å². The van der Waals surface area contributed by atoms with Gasteiger partial charge in [-0.05, 0) is 76.4 Å². The summed E-state index contributed by atoms with van der Waals surface area (Å²) in [4.78, 5) is 46.0. The van der Waals surface area contributed by atoms with Gasteiger partial charge in [0.15, 0.2) is 0 Å². The quantitative estimate of drug-likeness (QED) is 0.396. The standard InChI is InChI=1S/C33H41N5O3/c1-6-36(7-2)24-16-13-17-25(20-24)38(32(34)41)29-21-27(23-14-9-8-10-15-23)26-18-11-12-19-28(26)37(31(29)40)22-30(39)35-33(3,4)5/h8-20,27,29H,6-7,21-22H2,1-5H3,(H2,34,41)(H,35,39). The first-order valence-corrected chi connectivity index (χ1v) is 14.2. The molecule has 216 valence electrons. The van der Waals surface area contributed by atoms with E-state index in [9.17, 15) is 14.4 Å². The predicted molar refractivity (Wildman–Crippen MR) is 165 cm³/mol. The van der Waals surface area contributed by atoms with Gasteiger partial charge in [0.2, 0.25) is 5.91 Å². The Morgan fingerprint density at radius 3 is 2.20 bits per heavy atom. The number of fused-ring (bicyclic) bond motifs is 1. The van der Waals surface area contributed by atoms with Crippen LogP contribution in [0.1, 0.15) is 58.1 Å². The number of carbonyl (C=O) groups excluding carboxylic acids is 3. The summed E-state index contributed by atoms with van der Waals surface area (Å²) in [6, 6.07) is 23.5. The zero-order valence-corrected chi connectivity index (χ0v) is 24.6. The SMILES string of the molecule is CCN(CC)c1cccc(N(C(N)=O)C2CC(c3ccccc3)c3ccccc3N(CC(=O)NC(C)(C)C)C2=O)c1. The zero-order chi connectivity index (χ0) is 29.7. The van der Waals surface area contributed by atoms with Crippen LogP contribution < -0.4 is 25.8 Å². The van der Waals surface area contributed by atoms with Gasteiger partial charge in [-0.15, -0.1) is 0 Å². The van der Waals surface area contributed by atoms with Crippen molar-refractivity contribution < 1.29 is 14.4 Å². The van der Waals surface area contributed by atoms with Crippen molar-refractivity contribution in [2.45, 2.75) is 58.5 Å². The molecule has 1 heterocycles. The van der Waals surface area contributed by atoms with Gasteiger partial charge in [-0.25, -0.2) is 4.79 Å². The number of benzene rings is 3. The Morgan fingerprint density at radius 1 is 0.927 bits per heavy atom. The van der Waals surface area contributed by atoms with E-state index in [1.54, 1.807) is 6.07 Å². The molecule has 3 N–H and O–H groups in total. The van der Waals surface area contributed by atoms with E-state index in [4.69, 9.17) is 5.73 Å². The molecular weight excluding hydrogens is 514 g/mol. The molecule has 0 bridgehead atoms. The molecule has 8 nitrogen and oxygen atoms in total. The minimum absolute atomic E-state index is 0.183. The molecule has 0 aromatic heterocycles. The predicted octanol–water partition coefficient (Wildman–Crippen LogP) is 5.27. The molecular formula is C33H41N5O3. The Morgan fingerprint density at radius 2 is 1.56 bits per heavy atom. The third kappa shape index (κ3) is 6.70. The van der Waals surface area contributed by atoms with Gasteiger partial charge in [0.25, 0.3) is 5.91 Å². The third-order valence-electron chi connectivity index (χ3n) is 7.42. The first-order valence-electron chi connectivity index (χ1n) is 14.2. The number of rotatable bonds is 8. The molecule has 3 aromatic carbocycles. The number of para-hydroxylation sites is 1. The zero-order valence-electron chi connectivity index (χ0n) is 24.6. The molecule has 3 aromatic rings. The summed E-state index contributed by atoms with van der Waals surface area (Å²) in [6.07, 6.45) is 0.301. The Balaban J connectivity index is 1.87. The number of anilines is 3. The Hall–Kier alpha value is -4.33. The number of urea groups is 1. The van der Waals surface area contributed by atoms with E-state index >= 15 is 0 Å². The molecule has 0 fully saturated rings. The fourth-order valence-corrected chi connectivity index (χ4v) is 5.65. The fraction of sp³-hybridized carbons (Fsp3) is 0.364. The molecule has 41 heavy (non-hydrogen) atoms. The average molecular weight is 556 g/mol. The van der Waals surface area contributed by atoms with Gasteiger partial charge in [0.1, 0.15) is 12.6 Å². The van der Waals surface area contributed by atoms with Crippen molar-refractivity contribution in [3.8, 4) is 0 Å². The van der Waals surface area contributed by atoms with E-state index in [0.717, 1.165) is 29.9 Å². The number of carbonyl (C=O) groups is 3. The molecule has 1 aliphatic heterocycles. The molecule has 2 unspecified atom stereocenters. The maximum absolute atomic E-state index is 14.5. The number of hydrogen-bond donors (Lipinski definition) is 2. The Kier molecular flexibility index (Phi) is 9.01. The monoisotopic (exact) mass is 555 g/mol. The van der Waals surface area contributed by atoms with E-state index in [2.05, 4.69) is 24.1 Å². The van der Waals surface area contributed by atoms with Crippen molar-refractivity contribution in [2.24, 2.45) is 5.73 Å². The van der Waals surface area contributed by atoms with Gasteiger partial charge in [0, 0.05) is 41.6 Å². The highest BCUT2D eigenvalue weighted by molar-refractivity contribution is 6.08. The molecule has 0 saturated carbocycles. The Labute approximate surface area is 243 Å². The largest absolute Gasteiger partial charge is 0.372 e. The molecule has 2 atom stereocenters. The van der Waals surface area contributed by atoms with Gasteiger partial charge in [-0.1, -0.05) is 54.6 Å². The summed E-state index contributed by atoms with van der Waals surface area (Å²) in [6.45, 7) is 11.2. The second kappa shape index (κ2) is 12.5. The van der Waals surface area contributed by atoms with E-state index < -0.39 is 17.6 Å². The third-order valence-corrected chi connectivity index (χ3v) is 7.42. The number of nitrogens with zero attached hydrogens (tertiary/aromatic N) is 3. The van der Waals surface area contributed by atoms with E-state index in [-0.39, 0.29) is 24.3 Å². The smallest absolute Gasteiger partial charge is 0.320 e. The molecule has 0 radical (unpaired) electrons. The van der Waals surface area contributed by atoms with Crippen molar-refractivity contribution in [1.82, 2.24) is 5.32 Å². The molecule has 4 rings (SSSR count). The lowest BCUT2D eigenvalue weighted by Gasteiger charge is -2.33. The number of hydrogen-bond acceptors (Lipinski definition) is 4. The van der Waals surface area contributed by atoms with Crippen LogP contribution in [0.3, 0.4) is 0 Å². The van der Waals surface area contributed by atoms with Crippen molar-refractivity contribution in [2.75, 3.05) is 34.3 Å². The Bertz CT molecular complexity index is 1380. The molecule has 1 aliphatic rings. The first kappa shape index (κ1) is 29.6. The van der Waals surface area contributed by atoms with Crippen LogP contribution in [0.25, 0.3) is 0 Å². The van der Waals surface area contributed by atoms with Crippen LogP contribution in [0.4, 0.5) is 21.9 Å². The van der Waals surface area contributed by atoms with Crippen molar-refractivity contribution in [3.05, 3.63) is 90.0 Å². The van der Waals surface area contributed by atoms with Crippen LogP contribution >= 0.6 is 0 Å². The van der Waals surface area contributed by atoms with Crippen molar-refractivity contribution in [1.29, 1.82) is 0 Å². The minimum atomic E-state index is -0.945. The highest BCUT2D eigenvalue weighted by Gasteiger charge is 2.41. The first-order chi connectivity index (χ1) is 19.5. The summed E-state index contributed by atoms with van der Waals surface area (Å²) in [7, 11) is 0. The molecule has 0 spiro atoms. The lowest BCUT2D eigenvalue weighted by atomic mass is 9.85. The summed E-state index contributed by atoms with van der Waals surface area (Å²) >= 11 is 0. The van der Waals surface area contributed by atoms with Crippen LogP contribution in [0.15, 0.2) is 78.9 Å². The van der Waals surface area contributed by atoms with Gasteiger partial charge < -0.3 is 20.9 Å². The second-order valence-electron chi connectivity index (χ2n) is 11.4. The van der Waals surface area contributed by atoms with E-state index in [1.807, 2.05) is 93.6 Å². The summed E-state index contributed by atoms with van der Waals surface area (Å²) in [5.74, 6) is -0.858. The maximum atomic E-state index is 14.5. The van der Waals surface area contributed by atoms with Crippen LogP contribution in [0.2, 0.25) is 0 Å². The summed E-state index contributed by atoms with van der Waals surface area (Å²) < 4.78 is 0. The molecule has 0 aliphatic carbocycles. The highest BCUT2D eigenvalue weighted by Crippen LogP contribution is 2.41. The maximum Gasteiger partial charge on any atom is 0.320 e. The van der Waals surface area contributed by atoms with Crippen LogP contribution in [0.5, 0.6) is 0 Å². The number of nitrogens with two attached hydrogens (primary N) is 1. The second-order valence-corrected chi connectivity index (χ2v) is 11.4. The summed E-state index contributed by atoms with van der Waals surface area (Å²) in [5, 5.41) is 2.97. The van der Waals surface area contributed by atoms with Crippen LogP contribution in [-0.4, -0.2) is 49.1 Å². The van der Waals surface area contributed by atoms with E-state index in [0.29, 0.717) is 17.8 Å². The molecule has 4 amide bonds. The summed E-state index contributed by atoms with van der Waals surface area (Å²) in [5.41, 5.74) is 9.63. The number of amides is 4. The lowest BCUT2D eigenvalue weighted by Crippen LogP contribution is -2.55. The van der Waals surface area contributed by atoms with Gasteiger partial charge >= 0.3 is 6.03 Å². The van der Waals surface area contributed by atoms with Crippen molar-refractivity contribution in [3.63, 3.8) is 0 Å². The minimum Gasteiger partial charge on any atom is -0.372 e.